The summed E-state index contributed by atoms with van der Waals surface area (Å²) >= 11 is 0. The van der Waals surface area contributed by atoms with E-state index in [4.69, 9.17) is 10.5 Å². The van der Waals surface area contributed by atoms with Gasteiger partial charge in [0.15, 0.2) is 17.0 Å². The zero-order chi connectivity index (χ0) is 14.8. The highest BCUT2D eigenvalue weighted by molar-refractivity contribution is 6.07. The van der Waals surface area contributed by atoms with Crippen LogP contribution in [0, 0.1) is 22.7 Å². The molecule has 0 fully saturated rings. The molecule has 0 atom stereocenters. The van der Waals surface area contributed by atoms with E-state index in [9.17, 15) is 4.79 Å². The molecule has 2 N–H and O–H groups in total. The van der Waals surface area contributed by atoms with E-state index in [1.807, 2.05) is 0 Å². The molecule has 0 aliphatic carbocycles. The molecule has 0 aromatic carbocycles. The van der Waals surface area contributed by atoms with Crippen LogP contribution in [0.25, 0.3) is 5.65 Å². The lowest BCUT2D eigenvalue weighted by atomic mass is 10.3. The molecule has 0 bridgehead atoms. The zero-order valence-electron chi connectivity index (χ0n) is 10.4. The van der Waals surface area contributed by atoms with Crippen molar-refractivity contribution in [3.05, 3.63) is 41.6 Å². The van der Waals surface area contributed by atoms with Gasteiger partial charge in [0.1, 0.15) is 17.7 Å². The van der Waals surface area contributed by atoms with Gasteiger partial charge in [-0.05, 0) is 6.07 Å². The fourth-order valence-electron chi connectivity index (χ4n) is 1.76. The molecule has 0 saturated heterocycles. The van der Waals surface area contributed by atoms with Crippen molar-refractivity contribution in [1.82, 2.24) is 24.6 Å². The van der Waals surface area contributed by atoms with Crippen LogP contribution in [-0.4, -0.2) is 30.5 Å². The molecule has 21 heavy (non-hydrogen) atoms. The molecule has 3 aromatic rings. The molecule has 0 unspecified atom stereocenters. The summed E-state index contributed by atoms with van der Waals surface area (Å²) in [6, 6.07) is 5.23. The first kappa shape index (κ1) is 12.3. The van der Waals surface area contributed by atoms with Gasteiger partial charge in [0, 0.05) is 12.4 Å². The summed E-state index contributed by atoms with van der Waals surface area (Å²) in [6.45, 7) is 0. The minimum Gasteiger partial charge on any atom is -0.314 e. The van der Waals surface area contributed by atoms with Crippen molar-refractivity contribution >= 4 is 17.5 Å². The number of nitrogens with one attached hydrogen (secondary N) is 2. The first-order valence-corrected chi connectivity index (χ1v) is 5.73. The van der Waals surface area contributed by atoms with Gasteiger partial charge < -0.3 is 4.98 Å². The number of aromatic nitrogens is 5. The van der Waals surface area contributed by atoms with E-state index in [-0.39, 0.29) is 22.9 Å². The molecule has 100 valence electrons. The fraction of sp³-hybridized carbons (Fsp3) is 0. The number of hydrogen-bond acceptors (Lipinski definition) is 6. The molecule has 3 heterocycles. The Balaban J connectivity index is 1.92. The monoisotopic (exact) mass is 278 g/mol. The molecule has 0 saturated carbocycles. The number of hydrogen-bond donors (Lipinski definition) is 2. The second-order valence-electron chi connectivity index (χ2n) is 3.93. The SMILES string of the molecule is N#Cc1nc(NC(=O)c2cnn3cccnc23)[nH]c1C#N. The molecular weight excluding hydrogens is 272 g/mol. The Morgan fingerprint density at radius 1 is 1.38 bits per heavy atom. The van der Waals surface area contributed by atoms with Crippen LogP contribution < -0.4 is 5.32 Å². The standard InChI is InChI=1S/C12H6N8O/c13-4-8-9(5-14)18-12(17-8)19-11(21)7-6-16-20-3-1-2-15-10(7)20/h1-3,6H,(H2,17,18,19,21). The molecule has 9 nitrogen and oxygen atoms in total. The number of imidazole rings is 1. The molecule has 3 aromatic heterocycles. The van der Waals surface area contributed by atoms with E-state index in [1.165, 1.54) is 10.7 Å². The lowest BCUT2D eigenvalue weighted by Crippen LogP contribution is -2.13. The third-order valence-corrected chi connectivity index (χ3v) is 2.68. The number of nitrogens with zero attached hydrogens (tertiary/aromatic N) is 6. The third-order valence-electron chi connectivity index (χ3n) is 2.68. The van der Waals surface area contributed by atoms with Crippen molar-refractivity contribution in [3.63, 3.8) is 0 Å². The van der Waals surface area contributed by atoms with Crippen molar-refractivity contribution in [2.24, 2.45) is 0 Å². The summed E-state index contributed by atoms with van der Waals surface area (Å²) in [5.74, 6) is -0.477. The van der Waals surface area contributed by atoms with Crippen LogP contribution in [0.5, 0.6) is 0 Å². The predicted molar refractivity (Wildman–Crippen MR) is 69.0 cm³/mol. The summed E-state index contributed by atoms with van der Waals surface area (Å²) in [6.07, 6.45) is 4.58. The Morgan fingerprint density at radius 3 is 2.95 bits per heavy atom. The average molecular weight is 278 g/mol. The van der Waals surface area contributed by atoms with Gasteiger partial charge in [0.05, 0.1) is 6.20 Å². The van der Waals surface area contributed by atoms with Gasteiger partial charge in [-0.15, -0.1) is 0 Å². The maximum Gasteiger partial charge on any atom is 0.263 e. The minimum atomic E-state index is -0.494. The van der Waals surface area contributed by atoms with Crippen LogP contribution in [0.4, 0.5) is 5.95 Å². The Kier molecular flexibility index (Phi) is 2.79. The van der Waals surface area contributed by atoms with Gasteiger partial charge in [-0.1, -0.05) is 0 Å². The van der Waals surface area contributed by atoms with Crippen LogP contribution in [-0.2, 0) is 0 Å². The van der Waals surface area contributed by atoms with E-state index in [0.717, 1.165) is 0 Å². The summed E-state index contributed by atoms with van der Waals surface area (Å²) in [4.78, 5) is 22.6. The third kappa shape index (κ3) is 2.05. The molecule has 0 radical (unpaired) electrons. The fourth-order valence-corrected chi connectivity index (χ4v) is 1.76. The molecule has 3 rings (SSSR count). The van der Waals surface area contributed by atoms with Crippen molar-refractivity contribution < 1.29 is 4.79 Å². The Bertz CT molecular complexity index is 891. The number of amides is 1. The predicted octanol–water partition coefficient (Wildman–Crippen LogP) is 0.448. The molecule has 0 aliphatic rings. The van der Waals surface area contributed by atoms with Crippen molar-refractivity contribution in [2.45, 2.75) is 0 Å². The maximum atomic E-state index is 12.2. The van der Waals surface area contributed by atoms with Gasteiger partial charge in [-0.2, -0.15) is 15.6 Å². The second kappa shape index (κ2) is 4.75. The second-order valence-corrected chi connectivity index (χ2v) is 3.93. The number of anilines is 1. The highest BCUT2D eigenvalue weighted by Crippen LogP contribution is 2.12. The average Bonchev–Trinajstić information content (AvgIpc) is 3.10. The number of carbonyl (C=O) groups excluding carboxylic acids is 1. The molecule has 0 aliphatic heterocycles. The molecule has 1 amide bonds. The molecule has 9 heteroatoms. The van der Waals surface area contributed by atoms with Gasteiger partial charge in [0.25, 0.3) is 5.91 Å². The summed E-state index contributed by atoms with van der Waals surface area (Å²) < 4.78 is 1.46. The summed E-state index contributed by atoms with van der Waals surface area (Å²) in [5.41, 5.74) is 0.558. The zero-order valence-corrected chi connectivity index (χ0v) is 10.4. The molecule has 0 spiro atoms. The summed E-state index contributed by atoms with van der Waals surface area (Å²) in [5, 5.41) is 24.1. The van der Waals surface area contributed by atoms with Crippen LogP contribution in [0.3, 0.4) is 0 Å². The number of nitriles is 2. The van der Waals surface area contributed by atoms with Crippen molar-refractivity contribution in [2.75, 3.05) is 5.32 Å². The first-order valence-electron chi connectivity index (χ1n) is 5.73. The van der Waals surface area contributed by atoms with Crippen LogP contribution in [0.15, 0.2) is 24.7 Å². The van der Waals surface area contributed by atoms with E-state index in [1.54, 1.807) is 30.6 Å². The van der Waals surface area contributed by atoms with Crippen LogP contribution in [0.1, 0.15) is 21.7 Å². The van der Waals surface area contributed by atoms with Gasteiger partial charge >= 0.3 is 0 Å². The first-order chi connectivity index (χ1) is 10.2. The highest BCUT2D eigenvalue weighted by atomic mass is 16.1. The van der Waals surface area contributed by atoms with Gasteiger partial charge in [-0.3, -0.25) is 10.1 Å². The minimum absolute atomic E-state index is 0.00853. The van der Waals surface area contributed by atoms with Gasteiger partial charge in [0.2, 0.25) is 5.95 Å². The van der Waals surface area contributed by atoms with Crippen molar-refractivity contribution in [1.29, 1.82) is 10.5 Å². The summed E-state index contributed by atoms with van der Waals surface area (Å²) in [7, 11) is 0. The van der Waals surface area contributed by atoms with E-state index in [0.29, 0.717) is 5.65 Å². The molecular formula is C12H6N8O. The number of fused-ring (bicyclic) bond motifs is 1. The van der Waals surface area contributed by atoms with Crippen LogP contribution >= 0.6 is 0 Å². The topological polar surface area (TPSA) is 136 Å². The van der Waals surface area contributed by atoms with E-state index in [2.05, 4.69) is 25.4 Å². The quantitative estimate of drug-likeness (QED) is 0.698. The number of carbonyl (C=O) groups is 1. The lowest BCUT2D eigenvalue weighted by molar-refractivity contribution is 0.102. The Hall–Kier alpha value is -3.72. The Morgan fingerprint density at radius 2 is 2.24 bits per heavy atom. The van der Waals surface area contributed by atoms with Gasteiger partial charge in [-0.25, -0.2) is 14.5 Å². The van der Waals surface area contributed by atoms with E-state index < -0.39 is 5.91 Å². The lowest BCUT2D eigenvalue weighted by Gasteiger charge is -1.99. The Labute approximate surface area is 117 Å². The number of rotatable bonds is 2. The normalized spacial score (nSPS) is 10.0. The maximum absolute atomic E-state index is 12.2. The highest BCUT2D eigenvalue weighted by Gasteiger charge is 2.16. The number of H-pyrrole nitrogens is 1. The smallest absolute Gasteiger partial charge is 0.263 e. The number of aromatic amines is 1. The van der Waals surface area contributed by atoms with Crippen LogP contribution in [0.2, 0.25) is 0 Å². The van der Waals surface area contributed by atoms with E-state index >= 15 is 0 Å². The van der Waals surface area contributed by atoms with Crippen molar-refractivity contribution in [3.8, 4) is 12.1 Å². The largest absolute Gasteiger partial charge is 0.314 e.